The number of hydrogen-bond acceptors (Lipinski definition) is 7. The Hall–Kier alpha value is -2.23. The Balaban J connectivity index is 2.00. The fourth-order valence-electron chi connectivity index (χ4n) is 3.59. The van der Waals surface area contributed by atoms with Crippen LogP contribution in [0.4, 0.5) is 5.82 Å². The first-order chi connectivity index (χ1) is 13.8. The number of aryl methyl sites for hydroxylation is 1. The Bertz CT molecular complexity index is 978. The number of benzene rings is 1. The van der Waals surface area contributed by atoms with Gasteiger partial charge in [0.2, 0.25) is 10.0 Å². The second-order valence-corrected chi connectivity index (χ2v) is 9.30. The monoisotopic (exact) mass is 419 g/mol. The van der Waals surface area contributed by atoms with Crippen molar-refractivity contribution in [3.63, 3.8) is 0 Å². The third-order valence-electron chi connectivity index (χ3n) is 5.07. The highest BCUT2D eigenvalue weighted by Crippen LogP contribution is 2.36. The molecule has 8 nitrogen and oxygen atoms in total. The van der Waals surface area contributed by atoms with Gasteiger partial charge in [-0.3, -0.25) is 0 Å². The molecule has 1 aliphatic heterocycles. The molecule has 1 atom stereocenters. The number of aromatic nitrogens is 2. The Morgan fingerprint density at radius 2 is 2.03 bits per heavy atom. The molecule has 3 rings (SSSR count). The van der Waals surface area contributed by atoms with Gasteiger partial charge in [-0.25, -0.2) is 18.4 Å². The summed E-state index contributed by atoms with van der Waals surface area (Å²) < 4.78 is 33.6. The molecule has 2 aromatic rings. The Morgan fingerprint density at radius 1 is 1.28 bits per heavy atom. The van der Waals surface area contributed by atoms with E-state index in [0.717, 1.165) is 23.5 Å². The van der Waals surface area contributed by atoms with Gasteiger partial charge in [0, 0.05) is 33.3 Å². The van der Waals surface area contributed by atoms with E-state index in [1.165, 1.54) is 4.31 Å². The number of anilines is 1. The van der Waals surface area contributed by atoms with Gasteiger partial charge in [0.1, 0.15) is 17.4 Å². The summed E-state index contributed by atoms with van der Waals surface area (Å²) in [5, 5.41) is 3.10. The van der Waals surface area contributed by atoms with E-state index < -0.39 is 10.0 Å². The fourth-order valence-corrected chi connectivity index (χ4v) is 5.33. The van der Waals surface area contributed by atoms with Crippen molar-refractivity contribution in [3.8, 4) is 5.75 Å². The summed E-state index contributed by atoms with van der Waals surface area (Å²) >= 11 is 0. The van der Waals surface area contributed by atoms with Crippen LogP contribution >= 0.6 is 0 Å². The van der Waals surface area contributed by atoms with Gasteiger partial charge in [-0.15, -0.1) is 0 Å². The van der Waals surface area contributed by atoms with Gasteiger partial charge in [-0.2, -0.15) is 4.31 Å². The molecule has 29 heavy (non-hydrogen) atoms. The number of sulfonamides is 1. The summed E-state index contributed by atoms with van der Waals surface area (Å²) in [6, 6.07) is 6.49. The molecule has 0 spiro atoms. The van der Waals surface area contributed by atoms with E-state index >= 15 is 0 Å². The maximum Gasteiger partial charge on any atom is 0.243 e. The molecule has 158 valence electrons. The van der Waals surface area contributed by atoms with Crippen molar-refractivity contribution in [1.29, 1.82) is 0 Å². The predicted molar refractivity (Wildman–Crippen MR) is 113 cm³/mol. The van der Waals surface area contributed by atoms with Crippen LogP contribution in [-0.2, 0) is 16.6 Å². The molecule has 1 aliphatic rings. The van der Waals surface area contributed by atoms with Crippen LogP contribution in [0, 0.1) is 6.92 Å². The van der Waals surface area contributed by atoms with Crippen LogP contribution in [0.15, 0.2) is 29.2 Å². The largest absolute Gasteiger partial charge is 0.496 e. The summed E-state index contributed by atoms with van der Waals surface area (Å²) in [4.78, 5) is 11.5. The van der Waals surface area contributed by atoms with Gasteiger partial charge < -0.3 is 15.0 Å². The molecule has 0 aliphatic carbocycles. The van der Waals surface area contributed by atoms with Gasteiger partial charge in [0.15, 0.2) is 0 Å². The third kappa shape index (κ3) is 4.36. The predicted octanol–water partition coefficient (Wildman–Crippen LogP) is 2.10. The lowest BCUT2D eigenvalue weighted by Gasteiger charge is -2.25. The highest BCUT2D eigenvalue weighted by atomic mass is 32.2. The molecule has 1 aromatic carbocycles. The minimum Gasteiger partial charge on any atom is -0.496 e. The third-order valence-corrected chi connectivity index (χ3v) is 6.98. The van der Waals surface area contributed by atoms with Crippen LogP contribution in [0.2, 0.25) is 0 Å². The van der Waals surface area contributed by atoms with Gasteiger partial charge >= 0.3 is 0 Å². The second kappa shape index (κ2) is 8.64. The van der Waals surface area contributed by atoms with E-state index in [0.29, 0.717) is 31.1 Å². The normalized spacial score (nSPS) is 17.5. The number of rotatable bonds is 7. The second-order valence-electron chi connectivity index (χ2n) is 7.41. The van der Waals surface area contributed by atoms with E-state index in [-0.39, 0.29) is 10.9 Å². The molecule has 2 heterocycles. The van der Waals surface area contributed by atoms with Crippen molar-refractivity contribution in [2.75, 3.05) is 39.7 Å². The zero-order valence-corrected chi connectivity index (χ0v) is 18.5. The van der Waals surface area contributed by atoms with Crippen LogP contribution < -0.4 is 15.0 Å². The SMILES string of the molecule is CNCc1cc(N(C)C)nc([C@@H]2CCCN2S(=O)(=O)c2ccc(OC)c(C)c2)n1. The van der Waals surface area contributed by atoms with Crippen molar-refractivity contribution in [3.05, 3.63) is 41.3 Å². The fraction of sp³-hybridized carbons (Fsp3) is 0.500. The average molecular weight is 420 g/mol. The molecule has 9 heteroatoms. The van der Waals surface area contributed by atoms with Gasteiger partial charge in [0.05, 0.1) is 23.7 Å². The smallest absolute Gasteiger partial charge is 0.243 e. The van der Waals surface area contributed by atoms with Crippen molar-refractivity contribution in [2.24, 2.45) is 0 Å². The maximum atomic E-state index is 13.4. The lowest BCUT2D eigenvalue weighted by Crippen LogP contribution is -2.32. The van der Waals surface area contributed by atoms with Crippen LogP contribution in [-0.4, -0.2) is 57.5 Å². The number of ether oxygens (including phenoxy) is 1. The van der Waals surface area contributed by atoms with Crippen LogP contribution in [0.1, 0.15) is 36.0 Å². The summed E-state index contributed by atoms with van der Waals surface area (Å²) in [5.41, 5.74) is 1.62. The van der Waals surface area contributed by atoms with Gasteiger partial charge in [0.25, 0.3) is 0 Å². The summed E-state index contributed by atoms with van der Waals surface area (Å²) in [6.45, 7) is 2.88. The molecule has 0 bridgehead atoms. The van der Waals surface area contributed by atoms with Gasteiger partial charge in [-0.05, 0) is 50.6 Å². The number of methoxy groups -OCH3 is 1. The first-order valence-electron chi connectivity index (χ1n) is 9.64. The molecule has 1 saturated heterocycles. The van der Waals surface area contributed by atoms with E-state index in [1.807, 2.05) is 39.0 Å². The lowest BCUT2D eigenvalue weighted by atomic mass is 10.2. The number of nitrogens with zero attached hydrogens (tertiary/aromatic N) is 4. The highest BCUT2D eigenvalue weighted by Gasteiger charge is 2.38. The van der Waals surface area contributed by atoms with Crippen molar-refractivity contribution >= 4 is 15.8 Å². The Kier molecular flexibility index (Phi) is 6.40. The van der Waals surface area contributed by atoms with Crippen LogP contribution in [0.25, 0.3) is 0 Å². The van der Waals surface area contributed by atoms with Crippen molar-refractivity contribution < 1.29 is 13.2 Å². The van der Waals surface area contributed by atoms with E-state index in [1.54, 1.807) is 25.3 Å². The topological polar surface area (TPSA) is 87.7 Å². The van der Waals surface area contributed by atoms with Crippen LogP contribution in [0.5, 0.6) is 5.75 Å². The van der Waals surface area contributed by atoms with E-state index in [4.69, 9.17) is 4.74 Å². The molecule has 0 amide bonds. The standard InChI is InChI=1S/C20H29N5O3S/c1-14-11-16(8-9-18(14)28-5)29(26,27)25-10-6-7-17(25)20-22-15(13-21-2)12-19(23-20)24(3)4/h8-9,11-12,17,21H,6-7,10,13H2,1-5H3/t17-/m0/s1. The van der Waals surface area contributed by atoms with Crippen molar-refractivity contribution in [1.82, 2.24) is 19.6 Å². The van der Waals surface area contributed by atoms with Crippen LogP contribution in [0.3, 0.4) is 0 Å². The molecular weight excluding hydrogens is 390 g/mol. The Labute approximate surface area is 173 Å². The minimum absolute atomic E-state index is 0.266. The molecule has 0 saturated carbocycles. The summed E-state index contributed by atoms with van der Waals surface area (Å²) in [7, 11) is 3.59. The van der Waals surface area contributed by atoms with E-state index in [9.17, 15) is 8.42 Å². The summed E-state index contributed by atoms with van der Waals surface area (Å²) in [5.74, 6) is 1.98. The number of hydrogen-bond donors (Lipinski definition) is 1. The highest BCUT2D eigenvalue weighted by molar-refractivity contribution is 7.89. The lowest BCUT2D eigenvalue weighted by molar-refractivity contribution is 0.382. The molecular formula is C20H29N5O3S. The molecule has 0 radical (unpaired) electrons. The number of nitrogens with one attached hydrogen (secondary N) is 1. The maximum absolute atomic E-state index is 13.4. The first-order valence-corrected chi connectivity index (χ1v) is 11.1. The minimum atomic E-state index is -3.67. The zero-order chi connectivity index (χ0) is 21.2. The Morgan fingerprint density at radius 3 is 2.66 bits per heavy atom. The van der Waals surface area contributed by atoms with Gasteiger partial charge in [-0.1, -0.05) is 0 Å². The summed E-state index contributed by atoms with van der Waals surface area (Å²) in [6.07, 6.45) is 1.47. The van der Waals surface area contributed by atoms with Crippen molar-refractivity contribution in [2.45, 2.75) is 37.2 Å². The molecule has 1 aromatic heterocycles. The average Bonchev–Trinajstić information content (AvgIpc) is 3.18. The first kappa shape index (κ1) is 21.5. The quantitative estimate of drug-likeness (QED) is 0.735. The molecule has 0 unspecified atom stereocenters. The van der Waals surface area contributed by atoms with E-state index in [2.05, 4.69) is 15.3 Å². The molecule has 1 fully saturated rings. The molecule has 1 N–H and O–H groups in total. The zero-order valence-electron chi connectivity index (χ0n) is 17.6.